The van der Waals surface area contributed by atoms with Gasteiger partial charge in [0.1, 0.15) is 8.64 Å². The first-order valence-electron chi connectivity index (χ1n) is 5.35. The Morgan fingerprint density at radius 3 is 2.11 bits per heavy atom. The monoisotopic (exact) mass is 316 g/mol. The molecule has 0 aliphatic carbocycles. The lowest BCUT2D eigenvalue weighted by molar-refractivity contribution is 0.519. The van der Waals surface area contributed by atoms with E-state index >= 15 is 0 Å². The van der Waals surface area contributed by atoms with E-state index in [0.29, 0.717) is 0 Å². The van der Waals surface area contributed by atoms with E-state index in [9.17, 15) is 0 Å². The predicted octanol–water partition coefficient (Wildman–Crippen LogP) is 3.63. The molecule has 0 aromatic heterocycles. The molecule has 1 rings (SSSR count). The maximum atomic E-state index is 5.37. The smallest absolute Gasteiger partial charge is 0.147 e. The van der Waals surface area contributed by atoms with Crippen LogP contribution in [0.5, 0.6) is 0 Å². The molecule has 0 N–H and O–H groups in total. The molecule has 98 valence electrons. The molecule has 0 amide bonds. The number of hydrogen-bond acceptors (Lipinski definition) is 4. The first-order chi connectivity index (χ1) is 8.50. The van der Waals surface area contributed by atoms with Crippen LogP contribution in [0.25, 0.3) is 0 Å². The fraction of sp³-hybridized carbons (Fsp3) is 0.333. The van der Waals surface area contributed by atoms with Crippen LogP contribution >= 0.6 is 46.0 Å². The van der Waals surface area contributed by atoms with Crippen molar-refractivity contribution in [2.75, 3.05) is 21.1 Å². The fourth-order valence-corrected chi connectivity index (χ4v) is 3.55. The second-order valence-corrected chi connectivity index (χ2v) is 7.33. The Labute approximate surface area is 128 Å². The van der Waals surface area contributed by atoms with Crippen LogP contribution in [0.4, 0.5) is 0 Å². The van der Waals surface area contributed by atoms with E-state index in [1.165, 1.54) is 27.2 Å². The molecule has 2 nitrogen and oxygen atoms in total. The highest BCUT2D eigenvalue weighted by Gasteiger charge is 2.09. The topological polar surface area (TPSA) is 6.48 Å². The SMILES string of the molecule is CN(C)C(=S)SSC(=S)N(C)Cc1ccccc1. The second-order valence-electron chi connectivity index (χ2n) is 3.93. The highest BCUT2D eigenvalue weighted by molar-refractivity contribution is 8.89. The van der Waals surface area contributed by atoms with Crippen molar-refractivity contribution in [3.8, 4) is 0 Å². The number of benzene rings is 1. The molecule has 0 bridgehead atoms. The first-order valence-corrected chi connectivity index (χ1v) is 8.32. The molecule has 0 saturated carbocycles. The molecular weight excluding hydrogens is 300 g/mol. The minimum atomic E-state index is 0.821. The third-order valence-corrected chi connectivity index (χ3v) is 6.18. The van der Waals surface area contributed by atoms with Crippen LogP contribution in [0.1, 0.15) is 5.56 Å². The molecule has 1 aromatic carbocycles. The van der Waals surface area contributed by atoms with Crippen LogP contribution in [0.3, 0.4) is 0 Å². The zero-order valence-electron chi connectivity index (χ0n) is 10.6. The molecular formula is C12H16N2S4. The van der Waals surface area contributed by atoms with Crippen molar-refractivity contribution < 1.29 is 0 Å². The molecule has 0 fully saturated rings. The lowest BCUT2D eigenvalue weighted by Gasteiger charge is -2.20. The molecule has 0 unspecified atom stereocenters. The van der Waals surface area contributed by atoms with Gasteiger partial charge in [-0.3, -0.25) is 0 Å². The summed E-state index contributed by atoms with van der Waals surface area (Å²) in [6, 6.07) is 10.3. The molecule has 0 saturated heterocycles. The summed E-state index contributed by atoms with van der Waals surface area (Å²) in [4.78, 5) is 3.97. The van der Waals surface area contributed by atoms with Crippen molar-refractivity contribution in [3.63, 3.8) is 0 Å². The van der Waals surface area contributed by atoms with Crippen molar-refractivity contribution in [1.29, 1.82) is 0 Å². The fourth-order valence-electron chi connectivity index (χ4n) is 1.13. The van der Waals surface area contributed by atoms with Gasteiger partial charge in [-0.05, 0) is 27.2 Å². The van der Waals surface area contributed by atoms with E-state index in [0.717, 1.165) is 15.2 Å². The van der Waals surface area contributed by atoms with Crippen molar-refractivity contribution >= 4 is 54.7 Å². The summed E-state index contributed by atoms with van der Waals surface area (Å²) in [7, 11) is 8.93. The van der Waals surface area contributed by atoms with E-state index in [-0.39, 0.29) is 0 Å². The average molecular weight is 317 g/mol. The van der Waals surface area contributed by atoms with Crippen molar-refractivity contribution in [2.45, 2.75) is 6.54 Å². The summed E-state index contributed by atoms with van der Waals surface area (Å²) >= 11 is 10.6. The third kappa shape index (κ3) is 5.56. The van der Waals surface area contributed by atoms with Crippen molar-refractivity contribution in [1.82, 2.24) is 9.80 Å². The van der Waals surface area contributed by atoms with Gasteiger partial charge in [-0.25, -0.2) is 0 Å². The molecule has 0 atom stereocenters. The molecule has 0 aliphatic heterocycles. The minimum Gasteiger partial charge on any atom is -0.363 e. The van der Waals surface area contributed by atoms with E-state index in [1.54, 1.807) is 0 Å². The van der Waals surface area contributed by atoms with E-state index in [2.05, 4.69) is 17.0 Å². The second kappa shape index (κ2) is 7.99. The van der Waals surface area contributed by atoms with Crippen LogP contribution in [-0.2, 0) is 6.54 Å². The Kier molecular flexibility index (Phi) is 6.99. The van der Waals surface area contributed by atoms with Gasteiger partial charge in [-0.2, -0.15) is 0 Å². The minimum absolute atomic E-state index is 0.821. The number of thiocarbonyl (C=S) groups is 2. The summed E-state index contributed by atoms with van der Waals surface area (Å²) in [6.45, 7) is 0.821. The first kappa shape index (κ1) is 15.8. The number of nitrogens with zero attached hydrogens (tertiary/aromatic N) is 2. The van der Waals surface area contributed by atoms with E-state index in [1.807, 2.05) is 44.2 Å². The Bertz CT molecular complexity index is 406. The highest BCUT2D eigenvalue weighted by Crippen LogP contribution is 2.27. The van der Waals surface area contributed by atoms with Gasteiger partial charge >= 0.3 is 0 Å². The van der Waals surface area contributed by atoms with Gasteiger partial charge in [0, 0.05) is 27.7 Å². The van der Waals surface area contributed by atoms with Crippen LogP contribution in [0.2, 0.25) is 0 Å². The molecule has 18 heavy (non-hydrogen) atoms. The van der Waals surface area contributed by atoms with E-state index in [4.69, 9.17) is 24.4 Å². The highest BCUT2D eigenvalue weighted by atomic mass is 33.1. The zero-order valence-corrected chi connectivity index (χ0v) is 13.9. The van der Waals surface area contributed by atoms with Crippen LogP contribution in [-0.4, -0.2) is 39.6 Å². The maximum absolute atomic E-state index is 5.37. The predicted molar refractivity (Wildman–Crippen MR) is 92.0 cm³/mol. The Morgan fingerprint density at radius 1 is 1.00 bits per heavy atom. The van der Waals surface area contributed by atoms with Gasteiger partial charge in [0.05, 0.1) is 0 Å². The van der Waals surface area contributed by atoms with Gasteiger partial charge < -0.3 is 9.80 Å². The van der Waals surface area contributed by atoms with Crippen LogP contribution in [0.15, 0.2) is 30.3 Å². The summed E-state index contributed by atoms with van der Waals surface area (Å²) in [5.74, 6) is 0. The molecule has 0 heterocycles. The molecule has 0 radical (unpaired) electrons. The average Bonchev–Trinajstić information content (AvgIpc) is 2.36. The largest absolute Gasteiger partial charge is 0.363 e. The van der Waals surface area contributed by atoms with Crippen molar-refractivity contribution in [3.05, 3.63) is 35.9 Å². The third-order valence-electron chi connectivity index (χ3n) is 2.12. The normalized spacial score (nSPS) is 9.94. The molecule has 0 aliphatic rings. The van der Waals surface area contributed by atoms with Crippen molar-refractivity contribution in [2.24, 2.45) is 0 Å². The zero-order chi connectivity index (χ0) is 13.5. The summed E-state index contributed by atoms with van der Waals surface area (Å²) in [5, 5.41) is 0. The standard InChI is InChI=1S/C12H16N2S4/c1-13(2)11(15)17-18-12(16)14(3)9-10-7-5-4-6-8-10/h4-8H,9H2,1-3H3. The Balaban J connectivity index is 2.40. The summed E-state index contributed by atoms with van der Waals surface area (Å²) in [6.07, 6.45) is 0. The molecule has 6 heteroatoms. The molecule has 0 spiro atoms. The quantitative estimate of drug-likeness (QED) is 0.603. The number of hydrogen-bond donors (Lipinski definition) is 0. The summed E-state index contributed by atoms with van der Waals surface area (Å²) < 4.78 is 1.67. The van der Waals surface area contributed by atoms with Gasteiger partial charge in [0.2, 0.25) is 0 Å². The lowest BCUT2D eigenvalue weighted by Crippen LogP contribution is -2.22. The van der Waals surface area contributed by atoms with Gasteiger partial charge in [-0.15, -0.1) is 0 Å². The number of rotatable bonds is 2. The van der Waals surface area contributed by atoms with E-state index < -0.39 is 0 Å². The van der Waals surface area contributed by atoms with Gasteiger partial charge in [0.15, 0.2) is 0 Å². The van der Waals surface area contributed by atoms with Crippen LogP contribution < -0.4 is 0 Å². The Hall–Kier alpha value is -0.300. The summed E-state index contributed by atoms with van der Waals surface area (Å²) in [5.41, 5.74) is 1.25. The van der Waals surface area contributed by atoms with Gasteiger partial charge in [0.25, 0.3) is 0 Å². The lowest BCUT2D eigenvalue weighted by atomic mass is 10.2. The Morgan fingerprint density at radius 2 is 1.56 bits per heavy atom. The maximum Gasteiger partial charge on any atom is 0.147 e. The molecule has 1 aromatic rings. The van der Waals surface area contributed by atoms with Crippen LogP contribution in [0, 0.1) is 0 Å². The van der Waals surface area contributed by atoms with Gasteiger partial charge in [-0.1, -0.05) is 54.8 Å².